The number of hydrogen-bond acceptors (Lipinski definition) is 2. The zero-order chi connectivity index (χ0) is 11.3. The van der Waals surface area contributed by atoms with Crippen molar-refractivity contribution in [2.24, 2.45) is 5.73 Å². The maximum atomic E-state index is 5.49. The Balaban J connectivity index is 2.56. The zero-order valence-electron chi connectivity index (χ0n) is 10.1. The van der Waals surface area contributed by atoms with E-state index in [9.17, 15) is 0 Å². The lowest BCUT2D eigenvalue weighted by Gasteiger charge is -2.16. The molecule has 0 aromatic heterocycles. The summed E-state index contributed by atoms with van der Waals surface area (Å²) >= 11 is 0. The van der Waals surface area contributed by atoms with Crippen molar-refractivity contribution in [2.75, 3.05) is 20.1 Å². The van der Waals surface area contributed by atoms with Gasteiger partial charge in [0.2, 0.25) is 0 Å². The molecule has 0 aliphatic carbocycles. The summed E-state index contributed by atoms with van der Waals surface area (Å²) in [5, 5.41) is 0. The topological polar surface area (TPSA) is 29.3 Å². The van der Waals surface area contributed by atoms with Crippen LogP contribution in [0.3, 0.4) is 0 Å². The van der Waals surface area contributed by atoms with Crippen LogP contribution >= 0.6 is 0 Å². The smallest absolute Gasteiger partial charge is 0.0230 e. The summed E-state index contributed by atoms with van der Waals surface area (Å²) in [5.41, 5.74) is 9.58. The molecule has 15 heavy (non-hydrogen) atoms. The van der Waals surface area contributed by atoms with Crippen molar-refractivity contribution in [3.8, 4) is 0 Å². The first-order chi connectivity index (χ1) is 7.11. The first kappa shape index (κ1) is 12.2. The Morgan fingerprint density at radius 2 is 1.73 bits per heavy atom. The van der Waals surface area contributed by atoms with Crippen LogP contribution < -0.4 is 5.73 Å². The first-order valence-electron chi connectivity index (χ1n) is 5.57. The molecule has 1 aromatic carbocycles. The Morgan fingerprint density at radius 3 is 2.27 bits per heavy atom. The Bertz CT molecular complexity index is 287. The summed E-state index contributed by atoms with van der Waals surface area (Å²) in [6.45, 7) is 7.16. The second-order valence-electron chi connectivity index (χ2n) is 4.38. The highest BCUT2D eigenvalue weighted by atomic mass is 15.1. The van der Waals surface area contributed by atoms with Gasteiger partial charge in [-0.15, -0.1) is 0 Å². The molecular weight excluding hydrogens is 184 g/mol. The molecule has 0 atom stereocenters. The second-order valence-corrected chi connectivity index (χ2v) is 4.38. The number of aryl methyl sites for hydroxylation is 2. The Labute approximate surface area is 93.1 Å². The van der Waals surface area contributed by atoms with Crippen LogP contribution in [0, 0.1) is 13.8 Å². The fraction of sp³-hybridized carbons (Fsp3) is 0.538. The second kappa shape index (κ2) is 5.89. The third-order valence-corrected chi connectivity index (χ3v) is 2.48. The van der Waals surface area contributed by atoms with E-state index in [1.807, 2.05) is 0 Å². The normalized spacial score (nSPS) is 11.0. The Kier molecular flexibility index (Phi) is 4.79. The number of benzene rings is 1. The fourth-order valence-electron chi connectivity index (χ4n) is 1.91. The van der Waals surface area contributed by atoms with E-state index in [0.717, 1.165) is 26.1 Å². The van der Waals surface area contributed by atoms with E-state index in [2.05, 4.69) is 44.0 Å². The molecular formula is C13H22N2. The average molecular weight is 206 g/mol. The number of rotatable bonds is 5. The summed E-state index contributed by atoms with van der Waals surface area (Å²) < 4.78 is 0. The maximum Gasteiger partial charge on any atom is 0.0230 e. The molecule has 1 aromatic rings. The minimum Gasteiger partial charge on any atom is -0.330 e. The van der Waals surface area contributed by atoms with Crippen LogP contribution in [-0.4, -0.2) is 25.0 Å². The molecule has 0 aliphatic rings. The molecule has 0 aliphatic heterocycles. The van der Waals surface area contributed by atoms with Crippen LogP contribution in [0.25, 0.3) is 0 Å². The zero-order valence-corrected chi connectivity index (χ0v) is 10.1. The SMILES string of the molecule is Cc1cc(C)cc(CN(C)CCCN)c1. The third-order valence-electron chi connectivity index (χ3n) is 2.48. The molecule has 0 heterocycles. The van der Waals surface area contributed by atoms with E-state index >= 15 is 0 Å². The minimum atomic E-state index is 0.775. The van der Waals surface area contributed by atoms with Crippen LogP contribution in [0.1, 0.15) is 23.1 Å². The van der Waals surface area contributed by atoms with Gasteiger partial charge in [0, 0.05) is 6.54 Å². The van der Waals surface area contributed by atoms with Crippen LogP contribution in [0.5, 0.6) is 0 Å². The Hall–Kier alpha value is -0.860. The predicted octanol–water partition coefficient (Wildman–Crippen LogP) is 2.08. The summed E-state index contributed by atoms with van der Waals surface area (Å²) in [6.07, 6.45) is 1.07. The summed E-state index contributed by atoms with van der Waals surface area (Å²) in [6, 6.07) is 6.72. The monoisotopic (exact) mass is 206 g/mol. The highest BCUT2D eigenvalue weighted by molar-refractivity contribution is 5.28. The molecule has 0 unspecified atom stereocenters. The van der Waals surface area contributed by atoms with Crippen LogP contribution in [0.4, 0.5) is 0 Å². The van der Waals surface area contributed by atoms with Gasteiger partial charge in [0.1, 0.15) is 0 Å². The molecule has 0 spiro atoms. The van der Waals surface area contributed by atoms with E-state index in [1.165, 1.54) is 16.7 Å². The lowest BCUT2D eigenvalue weighted by molar-refractivity contribution is 0.324. The molecule has 2 N–H and O–H groups in total. The van der Waals surface area contributed by atoms with Gasteiger partial charge in [0.25, 0.3) is 0 Å². The standard InChI is InChI=1S/C13H22N2/c1-11-7-12(2)9-13(8-11)10-15(3)6-4-5-14/h7-9H,4-6,10,14H2,1-3H3. The van der Waals surface area contributed by atoms with Gasteiger partial charge in [-0.2, -0.15) is 0 Å². The van der Waals surface area contributed by atoms with Gasteiger partial charge >= 0.3 is 0 Å². The molecule has 2 heteroatoms. The molecule has 84 valence electrons. The summed E-state index contributed by atoms with van der Waals surface area (Å²) in [7, 11) is 2.15. The van der Waals surface area contributed by atoms with Crippen molar-refractivity contribution in [2.45, 2.75) is 26.8 Å². The van der Waals surface area contributed by atoms with Gasteiger partial charge in [-0.25, -0.2) is 0 Å². The van der Waals surface area contributed by atoms with E-state index in [0.29, 0.717) is 0 Å². The molecule has 0 saturated carbocycles. The summed E-state index contributed by atoms with van der Waals surface area (Å²) in [4.78, 5) is 2.32. The highest BCUT2D eigenvalue weighted by Gasteiger charge is 2.00. The molecule has 0 fully saturated rings. The molecule has 2 nitrogen and oxygen atoms in total. The van der Waals surface area contributed by atoms with Crippen molar-refractivity contribution in [3.05, 3.63) is 34.9 Å². The number of nitrogens with two attached hydrogens (primary N) is 1. The summed E-state index contributed by atoms with van der Waals surface area (Å²) in [5.74, 6) is 0. The van der Waals surface area contributed by atoms with Crippen molar-refractivity contribution in [3.63, 3.8) is 0 Å². The molecule has 0 bridgehead atoms. The maximum absolute atomic E-state index is 5.49. The highest BCUT2D eigenvalue weighted by Crippen LogP contribution is 2.10. The van der Waals surface area contributed by atoms with E-state index in [4.69, 9.17) is 5.73 Å². The molecule has 0 radical (unpaired) electrons. The lowest BCUT2D eigenvalue weighted by atomic mass is 10.1. The lowest BCUT2D eigenvalue weighted by Crippen LogP contribution is -2.21. The van der Waals surface area contributed by atoms with Gasteiger partial charge < -0.3 is 10.6 Å². The molecule has 1 rings (SSSR count). The number of hydrogen-bond donors (Lipinski definition) is 1. The predicted molar refractivity (Wildman–Crippen MR) is 65.9 cm³/mol. The van der Waals surface area contributed by atoms with Crippen molar-refractivity contribution in [1.29, 1.82) is 0 Å². The van der Waals surface area contributed by atoms with Crippen molar-refractivity contribution < 1.29 is 0 Å². The molecule has 0 amide bonds. The van der Waals surface area contributed by atoms with Crippen molar-refractivity contribution in [1.82, 2.24) is 4.90 Å². The largest absolute Gasteiger partial charge is 0.330 e. The van der Waals surface area contributed by atoms with E-state index < -0.39 is 0 Å². The Morgan fingerprint density at radius 1 is 1.13 bits per heavy atom. The van der Waals surface area contributed by atoms with Crippen molar-refractivity contribution >= 4 is 0 Å². The van der Waals surface area contributed by atoms with Gasteiger partial charge in [-0.05, 0) is 46.0 Å². The fourth-order valence-corrected chi connectivity index (χ4v) is 1.91. The van der Waals surface area contributed by atoms with Gasteiger partial charge in [-0.1, -0.05) is 29.3 Å². The van der Waals surface area contributed by atoms with Gasteiger partial charge in [0.15, 0.2) is 0 Å². The van der Waals surface area contributed by atoms with Gasteiger partial charge in [0.05, 0.1) is 0 Å². The van der Waals surface area contributed by atoms with Gasteiger partial charge in [-0.3, -0.25) is 0 Å². The van der Waals surface area contributed by atoms with E-state index in [-0.39, 0.29) is 0 Å². The van der Waals surface area contributed by atoms with Crippen LogP contribution in [0.2, 0.25) is 0 Å². The third kappa shape index (κ3) is 4.45. The van der Waals surface area contributed by atoms with E-state index in [1.54, 1.807) is 0 Å². The molecule has 0 saturated heterocycles. The average Bonchev–Trinajstić information content (AvgIpc) is 2.13. The van der Waals surface area contributed by atoms with Crippen LogP contribution in [-0.2, 0) is 6.54 Å². The number of nitrogens with zero attached hydrogens (tertiary/aromatic N) is 1. The first-order valence-corrected chi connectivity index (χ1v) is 5.57. The quantitative estimate of drug-likeness (QED) is 0.799. The minimum absolute atomic E-state index is 0.775. The van der Waals surface area contributed by atoms with Crippen LogP contribution in [0.15, 0.2) is 18.2 Å².